The molecule has 12 nitrogen and oxygen atoms in total. The summed E-state index contributed by atoms with van der Waals surface area (Å²) in [5.41, 5.74) is 10.6. The number of phenols is 1. The standard InChI is InChI=1S/C33H29N9O3/c1-33(2)16-21-19(11-12-24(43)29(21)45-33)28-27-30(34)35-18-36-31(27)41(38-28)17-25-37-22-9-6-8-20(23-10-7-13-39(23)3)26(22)32(44)42(25)40-14-4-5-15-40/h4-15,18,43H,16-17H2,1-3H3,(H2,34,35,36). The fraction of sp³-hybridized carbons (Fsp3) is 0.182. The summed E-state index contributed by atoms with van der Waals surface area (Å²) in [4.78, 5) is 28.3. The predicted octanol–water partition coefficient (Wildman–Crippen LogP) is 4.37. The summed E-state index contributed by atoms with van der Waals surface area (Å²) < 4.78 is 13.0. The molecule has 0 radical (unpaired) electrons. The number of phenolic OH excluding ortho intramolecular Hbond substituents is 1. The van der Waals surface area contributed by atoms with Gasteiger partial charge in [0.05, 0.1) is 16.3 Å². The second-order valence-corrected chi connectivity index (χ2v) is 11.9. The molecule has 8 rings (SSSR count). The third-order valence-corrected chi connectivity index (χ3v) is 8.31. The third kappa shape index (κ3) is 4.09. The van der Waals surface area contributed by atoms with Crippen molar-refractivity contribution in [2.75, 3.05) is 5.73 Å². The zero-order valence-corrected chi connectivity index (χ0v) is 24.8. The molecule has 1 aliphatic heterocycles. The van der Waals surface area contributed by atoms with Crippen LogP contribution in [0.15, 0.2) is 84.3 Å². The Bertz CT molecular complexity index is 2350. The van der Waals surface area contributed by atoms with Crippen LogP contribution in [0, 0.1) is 0 Å². The highest BCUT2D eigenvalue weighted by Gasteiger charge is 2.35. The zero-order valence-electron chi connectivity index (χ0n) is 24.8. The maximum atomic E-state index is 14.4. The molecule has 0 amide bonds. The molecule has 0 bridgehead atoms. The van der Waals surface area contributed by atoms with Gasteiger partial charge >= 0.3 is 0 Å². The Hall–Kier alpha value is -5.91. The third-order valence-electron chi connectivity index (χ3n) is 8.31. The van der Waals surface area contributed by atoms with Gasteiger partial charge in [-0.1, -0.05) is 12.1 Å². The minimum absolute atomic E-state index is 0.0677. The molecule has 224 valence electrons. The van der Waals surface area contributed by atoms with E-state index in [0.717, 1.165) is 22.4 Å². The van der Waals surface area contributed by atoms with Gasteiger partial charge in [-0.2, -0.15) is 9.77 Å². The Labute approximate surface area is 256 Å². The monoisotopic (exact) mass is 599 g/mol. The highest BCUT2D eigenvalue weighted by atomic mass is 16.5. The molecule has 0 unspecified atom stereocenters. The first-order valence-electron chi connectivity index (χ1n) is 14.5. The molecule has 2 aromatic carbocycles. The summed E-state index contributed by atoms with van der Waals surface area (Å²) in [6, 6.07) is 16.7. The Morgan fingerprint density at radius 3 is 2.58 bits per heavy atom. The Morgan fingerprint density at radius 1 is 0.978 bits per heavy atom. The SMILES string of the molecule is Cn1cccc1-c1cccc2nc(Cn3nc(-c4ccc(O)c5c4CC(C)(C)O5)c4c(N)ncnc43)n(-n3cccc3)c(=O)c12. The number of hydrogen-bond donors (Lipinski definition) is 2. The molecule has 12 heteroatoms. The van der Waals surface area contributed by atoms with Crippen molar-refractivity contribution in [3.05, 3.63) is 101 Å². The van der Waals surface area contributed by atoms with Gasteiger partial charge in [0.15, 0.2) is 23.0 Å². The van der Waals surface area contributed by atoms with E-state index in [4.69, 9.17) is 20.6 Å². The number of anilines is 1. The number of hydrogen-bond acceptors (Lipinski definition) is 8. The van der Waals surface area contributed by atoms with Crippen LogP contribution < -0.4 is 16.0 Å². The van der Waals surface area contributed by atoms with Crippen molar-refractivity contribution < 1.29 is 9.84 Å². The summed E-state index contributed by atoms with van der Waals surface area (Å²) in [5, 5.41) is 16.7. The van der Waals surface area contributed by atoms with E-state index in [-0.39, 0.29) is 23.7 Å². The second kappa shape index (κ2) is 9.55. The van der Waals surface area contributed by atoms with E-state index in [0.29, 0.717) is 45.6 Å². The van der Waals surface area contributed by atoms with Crippen LogP contribution in [-0.4, -0.2) is 49.4 Å². The molecule has 0 saturated carbocycles. The van der Waals surface area contributed by atoms with Crippen molar-refractivity contribution in [2.45, 2.75) is 32.4 Å². The Kier molecular flexibility index (Phi) is 5.66. The number of ether oxygens (including phenoxy) is 1. The molecule has 5 aromatic heterocycles. The van der Waals surface area contributed by atoms with Gasteiger partial charge in [0, 0.05) is 54.4 Å². The van der Waals surface area contributed by atoms with E-state index in [1.165, 1.54) is 6.33 Å². The summed E-state index contributed by atoms with van der Waals surface area (Å²) >= 11 is 0. The van der Waals surface area contributed by atoms with Crippen molar-refractivity contribution in [1.82, 2.24) is 38.7 Å². The van der Waals surface area contributed by atoms with Crippen molar-refractivity contribution in [3.63, 3.8) is 0 Å². The molecular weight excluding hydrogens is 570 g/mol. The lowest BCUT2D eigenvalue weighted by molar-refractivity contribution is 0.134. The number of fused-ring (bicyclic) bond motifs is 3. The summed E-state index contributed by atoms with van der Waals surface area (Å²) in [6.07, 6.45) is 7.52. The largest absolute Gasteiger partial charge is 0.504 e. The molecule has 3 N–H and O–H groups in total. The van der Waals surface area contributed by atoms with E-state index in [1.54, 1.807) is 32.5 Å². The number of benzene rings is 2. The number of aromatic hydroxyl groups is 1. The van der Waals surface area contributed by atoms with Gasteiger partial charge in [-0.25, -0.2) is 19.6 Å². The number of nitrogens with zero attached hydrogens (tertiary/aromatic N) is 8. The lowest BCUT2D eigenvalue weighted by Crippen LogP contribution is -2.31. The van der Waals surface area contributed by atoms with Gasteiger partial charge in [-0.15, -0.1) is 0 Å². The highest BCUT2D eigenvalue weighted by Crippen LogP contribution is 2.47. The van der Waals surface area contributed by atoms with Crippen molar-refractivity contribution in [3.8, 4) is 34.0 Å². The molecule has 0 atom stereocenters. The number of nitrogens with two attached hydrogens (primary N) is 1. The fourth-order valence-electron chi connectivity index (χ4n) is 6.35. The predicted molar refractivity (Wildman–Crippen MR) is 170 cm³/mol. The first-order chi connectivity index (χ1) is 21.7. The lowest BCUT2D eigenvalue weighted by atomic mass is 9.95. The van der Waals surface area contributed by atoms with Crippen molar-refractivity contribution in [1.29, 1.82) is 0 Å². The Morgan fingerprint density at radius 2 is 1.80 bits per heavy atom. The molecule has 6 heterocycles. The highest BCUT2D eigenvalue weighted by molar-refractivity contribution is 5.99. The number of aryl methyl sites for hydroxylation is 1. The van der Waals surface area contributed by atoms with E-state index < -0.39 is 5.60 Å². The molecule has 1 aliphatic rings. The van der Waals surface area contributed by atoms with Crippen LogP contribution in [-0.2, 0) is 20.0 Å². The average Bonchev–Trinajstić information content (AvgIpc) is 3.81. The van der Waals surface area contributed by atoms with Crippen LogP contribution in [0.5, 0.6) is 11.5 Å². The van der Waals surface area contributed by atoms with Gasteiger partial charge < -0.3 is 20.1 Å². The topological polar surface area (TPSA) is 144 Å². The van der Waals surface area contributed by atoms with Crippen molar-refractivity contribution >= 4 is 27.8 Å². The van der Waals surface area contributed by atoms with E-state index in [1.807, 2.05) is 80.2 Å². The molecular formula is C33H29N9O3. The summed E-state index contributed by atoms with van der Waals surface area (Å²) in [6.45, 7) is 4.05. The second-order valence-electron chi connectivity index (χ2n) is 11.9. The summed E-state index contributed by atoms with van der Waals surface area (Å²) in [7, 11) is 1.95. The zero-order chi connectivity index (χ0) is 31.0. The van der Waals surface area contributed by atoms with E-state index in [9.17, 15) is 9.90 Å². The van der Waals surface area contributed by atoms with Gasteiger partial charge in [-0.3, -0.25) is 9.47 Å². The van der Waals surface area contributed by atoms with Crippen LogP contribution >= 0.6 is 0 Å². The molecule has 45 heavy (non-hydrogen) atoms. The first kappa shape index (κ1) is 26.7. The number of nitrogen functional groups attached to an aromatic ring is 1. The molecule has 0 fully saturated rings. The fourth-order valence-corrected chi connectivity index (χ4v) is 6.35. The van der Waals surface area contributed by atoms with E-state index in [2.05, 4.69) is 9.97 Å². The van der Waals surface area contributed by atoms with Crippen LogP contribution in [0.1, 0.15) is 25.2 Å². The smallest absolute Gasteiger partial charge is 0.281 e. The van der Waals surface area contributed by atoms with E-state index >= 15 is 0 Å². The first-order valence-corrected chi connectivity index (χ1v) is 14.5. The van der Waals surface area contributed by atoms with Gasteiger partial charge in [-0.05, 0) is 56.3 Å². The minimum Gasteiger partial charge on any atom is -0.504 e. The number of aromatic nitrogens is 8. The van der Waals surface area contributed by atoms with Gasteiger partial charge in [0.2, 0.25) is 0 Å². The maximum absolute atomic E-state index is 14.4. The van der Waals surface area contributed by atoms with Crippen molar-refractivity contribution in [2.24, 2.45) is 7.05 Å². The van der Waals surface area contributed by atoms with Gasteiger partial charge in [0.1, 0.15) is 30.0 Å². The molecule has 0 saturated heterocycles. The normalized spacial score (nSPS) is 13.8. The van der Waals surface area contributed by atoms with Crippen LogP contribution in [0.2, 0.25) is 0 Å². The minimum atomic E-state index is -0.504. The van der Waals surface area contributed by atoms with Gasteiger partial charge in [0.25, 0.3) is 5.56 Å². The van der Waals surface area contributed by atoms with Crippen LogP contribution in [0.3, 0.4) is 0 Å². The van der Waals surface area contributed by atoms with Crippen LogP contribution in [0.4, 0.5) is 5.82 Å². The maximum Gasteiger partial charge on any atom is 0.281 e. The quantitative estimate of drug-likeness (QED) is 0.297. The molecule has 7 aromatic rings. The lowest BCUT2D eigenvalue weighted by Gasteiger charge is -2.16. The van der Waals surface area contributed by atoms with Crippen LogP contribution in [0.25, 0.3) is 44.5 Å². The molecule has 0 spiro atoms. The number of rotatable bonds is 5. The molecule has 0 aliphatic carbocycles. The summed E-state index contributed by atoms with van der Waals surface area (Å²) in [5.74, 6) is 1.21. The Balaban J connectivity index is 1.35. The average molecular weight is 600 g/mol.